The molecular formula is C14H17F2N3O2. The molecule has 1 aliphatic rings. The summed E-state index contributed by atoms with van der Waals surface area (Å²) in [6.07, 6.45) is 0. The number of imide groups is 1. The van der Waals surface area contributed by atoms with Crippen LogP contribution >= 0.6 is 0 Å². The normalized spacial score (nSPS) is 17.5. The molecule has 7 heteroatoms. The molecule has 3 amide bonds. The zero-order valence-corrected chi connectivity index (χ0v) is 11.8. The second kappa shape index (κ2) is 6.17. The largest absolute Gasteiger partial charge is 0.336 e. The van der Waals surface area contributed by atoms with Gasteiger partial charge >= 0.3 is 6.03 Å². The van der Waals surface area contributed by atoms with Crippen LogP contribution in [-0.2, 0) is 4.79 Å². The van der Waals surface area contributed by atoms with Gasteiger partial charge in [-0.3, -0.25) is 15.0 Å². The first-order valence-corrected chi connectivity index (χ1v) is 6.70. The Bertz CT molecular complexity index is 565. The van der Waals surface area contributed by atoms with E-state index in [1.165, 1.54) is 6.07 Å². The molecule has 5 nitrogen and oxygen atoms in total. The molecule has 0 saturated carbocycles. The summed E-state index contributed by atoms with van der Waals surface area (Å²) >= 11 is 0. The van der Waals surface area contributed by atoms with Crippen LogP contribution in [0, 0.1) is 11.6 Å². The van der Waals surface area contributed by atoms with E-state index in [0.29, 0.717) is 13.1 Å². The summed E-state index contributed by atoms with van der Waals surface area (Å²) in [4.78, 5) is 24.7. The molecule has 1 fully saturated rings. The summed E-state index contributed by atoms with van der Waals surface area (Å²) in [6, 6.07) is 1.73. The number of amides is 3. The fraction of sp³-hybridized carbons (Fsp3) is 0.429. The van der Waals surface area contributed by atoms with Crippen molar-refractivity contribution in [3.05, 3.63) is 35.4 Å². The molecule has 2 N–H and O–H groups in total. The molecular weight excluding hydrogens is 280 g/mol. The molecule has 0 aromatic heterocycles. The molecule has 0 bridgehead atoms. The number of nitrogens with zero attached hydrogens (tertiary/aromatic N) is 1. The van der Waals surface area contributed by atoms with E-state index in [1.54, 1.807) is 13.8 Å². The monoisotopic (exact) mass is 297 g/mol. The van der Waals surface area contributed by atoms with E-state index in [1.807, 2.05) is 0 Å². The number of hydrogen-bond donors (Lipinski definition) is 2. The van der Waals surface area contributed by atoms with Gasteiger partial charge in [0.05, 0.1) is 6.04 Å². The maximum absolute atomic E-state index is 13.7. The molecule has 21 heavy (non-hydrogen) atoms. The van der Waals surface area contributed by atoms with Gasteiger partial charge in [-0.2, -0.15) is 0 Å². The van der Waals surface area contributed by atoms with Gasteiger partial charge < -0.3 is 5.32 Å². The summed E-state index contributed by atoms with van der Waals surface area (Å²) in [5.74, 6) is -1.70. The van der Waals surface area contributed by atoms with Crippen molar-refractivity contribution in [3.63, 3.8) is 0 Å². The minimum atomic E-state index is -0.673. The number of nitrogens with one attached hydrogen (secondary N) is 2. The molecule has 1 aliphatic heterocycles. The third-order valence-corrected chi connectivity index (χ3v) is 3.42. The van der Waals surface area contributed by atoms with Gasteiger partial charge in [-0.25, -0.2) is 13.6 Å². The quantitative estimate of drug-likeness (QED) is 0.886. The van der Waals surface area contributed by atoms with Crippen LogP contribution in [0.4, 0.5) is 13.6 Å². The van der Waals surface area contributed by atoms with Crippen LogP contribution < -0.4 is 10.6 Å². The Morgan fingerprint density at radius 3 is 2.67 bits per heavy atom. The highest BCUT2D eigenvalue weighted by atomic mass is 19.1. The van der Waals surface area contributed by atoms with Crippen LogP contribution in [0.2, 0.25) is 0 Å². The molecule has 0 radical (unpaired) electrons. The summed E-state index contributed by atoms with van der Waals surface area (Å²) < 4.78 is 26.6. The first-order chi connectivity index (χ1) is 9.90. The Morgan fingerprint density at radius 1 is 1.38 bits per heavy atom. The molecule has 1 saturated heterocycles. The van der Waals surface area contributed by atoms with Crippen LogP contribution in [-0.4, -0.2) is 36.0 Å². The lowest BCUT2D eigenvalue weighted by atomic mass is 10.1. The average molecular weight is 297 g/mol. The maximum Gasteiger partial charge on any atom is 0.324 e. The molecule has 1 aromatic rings. The predicted octanol–water partition coefficient (Wildman–Crippen LogP) is 1.56. The highest BCUT2D eigenvalue weighted by Gasteiger charge is 2.30. The van der Waals surface area contributed by atoms with Crippen molar-refractivity contribution in [3.8, 4) is 0 Å². The topological polar surface area (TPSA) is 61.4 Å². The van der Waals surface area contributed by atoms with Crippen LogP contribution in [0.1, 0.15) is 25.5 Å². The summed E-state index contributed by atoms with van der Waals surface area (Å²) in [6.45, 7) is 4.03. The van der Waals surface area contributed by atoms with Crippen LogP contribution in [0.5, 0.6) is 0 Å². The minimum Gasteiger partial charge on any atom is -0.336 e. The van der Waals surface area contributed by atoms with Crippen molar-refractivity contribution in [2.45, 2.75) is 25.9 Å². The Balaban J connectivity index is 2.03. The number of rotatable bonds is 4. The van der Waals surface area contributed by atoms with Gasteiger partial charge in [0.1, 0.15) is 11.6 Å². The molecule has 0 aliphatic carbocycles. The zero-order chi connectivity index (χ0) is 15.6. The zero-order valence-electron chi connectivity index (χ0n) is 11.8. The van der Waals surface area contributed by atoms with Gasteiger partial charge in [0, 0.05) is 30.8 Å². The SMILES string of the molecule is C[C@H](N[C@H](C)C(=O)N1CCNC1=O)c1ccc(F)cc1F. The van der Waals surface area contributed by atoms with Crippen molar-refractivity contribution in [1.82, 2.24) is 15.5 Å². The molecule has 0 unspecified atom stereocenters. The highest BCUT2D eigenvalue weighted by Crippen LogP contribution is 2.18. The van der Waals surface area contributed by atoms with E-state index in [0.717, 1.165) is 17.0 Å². The van der Waals surface area contributed by atoms with E-state index in [-0.39, 0.29) is 11.5 Å². The van der Waals surface area contributed by atoms with Gasteiger partial charge in [0.2, 0.25) is 5.91 Å². The first-order valence-electron chi connectivity index (χ1n) is 6.70. The van der Waals surface area contributed by atoms with Gasteiger partial charge in [0.15, 0.2) is 0 Å². The maximum atomic E-state index is 13.7. The van der Waals surface area contributed by atoms with Crippen molar-refractivity contribution in [2.75, 3.05) is 13.1 Å². The lowest BCUT2D eigenvalue weighted by Crippen LogP contribution is -2.46. The van der Waals surface area contributed by atoms with E-state index >= 15 is 0 Å². The number of benzene rings is 1. The highest BCUT2D eigenvalue weighted by molar-refractivity contribution is 5.98. The molecule has 0 spiro atoms. The van der Waals surface area contributed by atoms with Crippen molar-refractivity contribution in [1.29, 1.82) is 0 Å². The van der Waals surface area contributed by atoms with Crippen molar-refractivity contribution in [2.24, 2.45) is 0 Å². The molecule has 1 heterocycles. The fourth-order valence-corrected chi connectivity index (χ4v) is 2.30. The van der Waals surface area contributed by atoms with Gasteiger partial charge in [0.25, 0.3) is 0 Å². The van der Waals surface area contributed by atoms with E-state index < -0.39 is 29.7 Å². The fourth-order valence-electron chi connectivity index (χ4n) is 2.30. The lowest BCUT2D eigenvalue weighted by molar-refractivity contribution is -0.129. The smallest absolute Gasteiger partial charge is 0.324 e. The number of urea groups is 1. The minimum absolute atomic E-state index is 0.266. The number of carbonyl (C=O) groups excluding carboxylic acids is 2. The summed E-state index contributed by atoms with van der Waals surface area (Å²) in [5, 5.41) is 5.46. The number of halogens is 2. The third-order valence-electron chi connectivity index (χ3n) is 3.42. The molecule has 1 aromatic carbocycles. The second-order valence-electron chi connectivity index (χ2n) is 5.00. The Kier molecular flexibility index (Phi) is 4.52. The molecule has 114 valence electrons. The summed E-state index contributed by atoms with van der Waals surface area (Å²) in [5.41, 5.74) is 0.266. The third kappa shape index (κ3) is 3.36. The average Bonchev–Trinajstić information content (AvgIpc) is 2.83. The molecule has 2 atom stereocenters. The second-order valence-corrected chi connectivity index (χ2v) is 5.00. The van der Waals surface area contributed by atoms with Crippen LogP contribution in [0.15, 0.2) is 18.2 Å². The van der Waals surface area contributed by atoms with Crippen molar-refractivity contribution < 1.29 is 18.4 Å². The first kappa shape index (κ1) is 15.4. The number of carbonyl (C=O) groups is 2. The van der Waals surface area contributed by atoms with Gasteiger partial charge in [-0.1, -0.05) is 6.07 Å². The Labute approximate surface area is 121 Å². The van der Waals surface area contributed by atoms with Gasteiger partial charge in [-0.05, 0) is 19.9 Å². The summed E-state index contributed by atoms with van der Waals surface area (Å²) in [7, 11) is 0. The number of hydrogen-bond acceptors (Lipinski definition) is 3. The van der Waals surface area contributed by atoms with Gasteiger partial charge in [-0.15, -0.1) is 0 Å². The Hall–Kier alpha value is -2.02. The Morgan fingerprint density at radius 2 is 2.10 bits per heavy atom. The van der Waals surface area contributed by atoms with E-state index in [4.69, 9.17) is 0 Å². The molecule has 2 rings (SSSR count). The van der Waals surface area contributed by atoms with E-state index in [2.05, 4.69) is 10.6 Å². The lowest BCUT2D eigenvalue weighted by Gasteiger charge is -2.23. The van der Waals surface area contributed by atoms with Crippen LogP contribution in [0.25, 0.3) is 0 Å². The van der Waals surface area contributed by atoms with Crippen LogP contribution in [0.3, 0.4) is 0 Å². The predicted molar refractivity (Wildman–Crippen MR) is 72.5 cm³/mol. The standard InChI is InChI=1S/C14H17F2N3O2/c1-8(11-4-3-10(15)7-12(11)16)18-9(2)13(20)19-6-5-17-14(19)21/h3-4,7-9,18H,5-6H2,1-2H3,(H,17,21)/t8-,9+/m0/s1. The van der Waals surface area contributed by atoms with E-state index in [9.17, 15) is 18.4 Å². The van der Waals surface area contributed by atoms with Crippen molar-refractivity contribution >= 4 is 11.9 Å².